The number of amides is 1. The number of fused-ring (bicyclic) bond motifs is 2. The second-order valence-electron chi connectivity index (χ2n) is 10.3. The summed E-state index contributed by atoms with van der Waals surface area (Å²) in [4.78, 5) is 30.7. The van der Waals surface area contributed by atoms with Crippen molar-refractivity contribution in [1.29, 1.82) is 0 Å². The Balaban J connectivity index is 1.43. The van der Waals surface area contributed by atoms with Gasteiger partial charge in [-0.1, -0.05) is 11.6 Å². The largest absolute Gasteiger partial charge is 0.451 e. The molecule has 0 saturated carbocycles. The predicted octanol–water partition coefficient (Wildman–Crippen LogP) is 2.80. The maximum atomic E-state index is 15.8. The zero-order chi connectivity index (χ0) is 28.2. The zero-order valence-corrected chi connectivity index (χ0v) is 23.5. The molecule has 0 unspecified atom stereocenters. The molecule has 212 valence electrons. The van der Waals surface area contributed by atoms with E-state index in [1.165, 1.54) is 10.5 Å². The average molecular weight is 590 g/mol. The molecular formula is C27H29ClFN5O5S. The first-order chi connectivity index (χ1) is 19.1. The van der Waals surface area contributed by atoms with Gasteiger partial charge in [-0.3, -0.25) is 9.59 Å². The third-order valence-electron chi connectivity index (χ3n) is 7.75. The van der Waals surface area contributed by atoms with E-state index in [0.29, 0.717) is 35.1 Å². The van der Waals surface area contributed by atoms with E-state index in [4.69, 9.17) is 16.3 Å². The standard InChI is InChI=1S/C27H29ClFN5O5S/c1-40(37,38)33-12-10-32(11-13-33)24-20(29)15-18-23-26(24)39-22-14-17(28)4-5-21(22)34(23)16-19(25(18)35)27(36)30-6-9-31-7-2-3-8-31/h4-5,14-16H,2-3,6-13H2,1H3,(H,30,36). The van der Waals surface area contributed by atoms with Gasteiger partial charge in [-0.2, -0.15) is 4.31 Å². The number of nitrogens with zero attached hydrogens (tertiary/aromatic N) is 4. The SMILES string of the molecule is CS(=O)(=O)N1CCN(c2c(F)cc3c(=O)c(C(=O)NCCN4CCCC4)cn4c3c2Oc2cc(Cl)ccc2-4)CC1. The molecule has 13 heteroatoms. The van der Waals surface area contributed by atoms with Crippen LogP contribution in [0.3, 0.4) is 0 Å². The van der Waals surface area contributed by atoms with Gasteiger partial charge < -0.3 is 24.4 Å². The normalized spacial score (nSPS) is 17.6. The van der Waals surface area contributed by atoms with Crippen LogP contribution >= 0.6 is 11.6 Å². The number of halogens is 2. The smallest absolute Gasteiger partial charge is 0.256 e. The summed E-state index contributed by atoms with van der Waals surface area (Å²) in [5.41, 5.74) is 0.307. The predicted molar refractivity (Wildman–Crippen MR) is 151 cm³/mol. The number of hydrogen-bond donors (Lipinski definition) is 1. The monoisotopic (exact) mass is 589 g/mol. The minimum Gasteiger partial charge on any atom is -0.451 e. The molecule has 2 aromatic carbocycles. The number of carbonyl (C=O) groups excluding carboxylic acids is 1. The Bertz CT molecular complexity index is 1680. The molecule has 4 heterocycles. The van der Waals surface area contributed by atoms with Crippen molar-refractivity contribution < 1.29 is 22.3 Å². The molecule has 0 radical (unpaired) electrons. The van der Waals surface area contributed by atoms with Gasteiger partial charge in [-0.25, -0.2) is 12.8 Å². The van der Waals surface area contributed by atoms with E-state index in [0.717, 1.165) is 38.3 Å². The topological polar surface area (TPSA) is 104 Å². The number of pyridine rings is 1. The summed E-state index contributed by atoms with van der Waals surface area (Å²) in [6.45, 7) is 3.90. The van der Waals surface area contributed by atoms with Crippen LogP contribution in [0.25, 0.3) is 16.6 Å². The van der Waals surface area contributed by atoms with Gasteiger partial charge in [0.1, 0.15) is 16.8 Å². The van der Waals surface area contributed by atoms with Crippen molar-refractivity contribution in [3.05, 3.63) is 57.1 Å². The highest BCUT2D eigenvalue weighted by Crippen LogP contribution is 2.47. The first-order valence-electron chi connectivity index (χ1n) is 13.2. The van der Waals surface area contributed by atoms with Gasteiger partial charge in [0.25, 0.3) is 5.91 Å². The average Bonchev–Trinajstić information content (AvgIpc) is 3.43. The van der Waals surface area contributed by atoms with Gasteiger partial charge in [0.15, 0.2) is 17.3 Å². The highest BCUT2D eigenvalue weighted by atomic mass is 35.5. The lowest BCUT2D eigenvalue weighted by Gasteiger charge is -2.36. The minimum atomic E-state index is -3.38. The van der Waals surface area contributed by atoms with Crippen LogP contribution < -0.4 is 20.4 Å². The lowest BCUT2D eigenvalue weighted by molar-refractivity contribution is 0.0948. The molecule has 0 bridgehead atoms. The van der Waals surface area contributed by atoms with E-state index in [1.54, 1.807) is 27.7 Å². The third kappa shape index (κ3) is 4.83. The van der Waals surface area contributed by atoms with Crippen LogP contribution in [0.15, 0.2) is 35.3 Å². The fraction of sp³-hybridized carbons (Fsp3) is 0.407. The molecule has 2 fully saturated rings. The molecule has 10 nitrogen and oxygen atoms in total. The Kier molecular flexibility index (Phi) is 6.97. The van der Waals surface area contributed by atoms with Gasteiger partial charge in [-0.05, 0) is 44.1 Å². The summed E-state index contributed by atoms with van der Waals surface area (Å²) in [7, 11) is -3.38. The Morgan fingerprint density at radius 2 is 1.82 bits per heavy atom. The molecule has 0 spiro atoms. The maximum absolute atomic E-state index is 15.8. The minimum absolute atomic E-state index is 0.0128. The molecule has 1 amide bonds. The van der Waals surface area contributed by atoms with Crippen LogP contribution in [-0.2, 0) is 10.0 Å². The summed E-state index contributed by atoms with van der Waals surface area (Å²) >= 11 is 6.25. The number of nitrogens with one attached hydrogen (secondary N) is 1. The Morgan fingerprint density at radius 1 is 1.10 bits per heavy atom. The summed E-state index contributed by atoms with van der Waals surface area (Å²) in [6.07, 6.45) is 4.89. The lowest BCUT2D eigenvalue weighted by Crippen LogP contribution is -2.48. The van der Waals surface area contributed by atoms with Crippen molar-refractivity contribution in [2.45, 2.75) is 12.8 Å². The van der Waals surface area contributed by atoms with Gasteiger partial charge >= 0.3 is 0 Å². The maximum Gasteiger partial charge on any atom is 0.256 e. The summed E-state index contributed by atoms with van der Waals surface area (Å²) in [5, 5.41) is 3.26. The highest BCUT2D eigenvalue weighted by molar-refractivity contribution is 7.88. The van der Waals surface area contributed by atoms with Gasteiger partial charge in [0.05, 0.1) is 17.3 Å². The number of carbonyl (C=O) groups is 1. The number of hydrogen-bond acceptors (Lipinski definition) is 7. The zero-order valence-electron chi connectivity index (χ0n) is 22.0. The van der Waals surface area contributed by atoms with Crippen molar-refractivity contribution >= 4 is 44.1 Å². The second-order valence-corrected chi connectivity index (χ2v) is 12.8. The quantitative estimate of drug-likeness (QED) is 0.369. The van der Waals surface area contributed by atoms with Crippen molar-refractivity contribution in [2.24, 2.45) is 0 Å². The summed E-state index contributed by atoms with van der Waals surface area (Å²) < 4.78 is 49.1. The van der Waals surface area contributed by atoms with Crippen molar-refractivity contribution in [3.63, 3.8) is 0 Å². The Labute approximate surface area is 235 Å². The number of rotatable bonds is 6. The number of anilines is 1. The van der Waals surface area contributed by atoms with Crippen molar-refractivity contribution in [1.82, 2.24) is 19.1 Å². The molecule has 1 N–H and O–H groups in total. The van der Waals surface area contributed by atoms with E-state index in [9.17, 15) is 18.0 Å². The van der Waals surface area contributed by atoms with Gasteiger partial charge in [0, 0.05) is 56.6 Å². The van der Waals surface area contributed by atoms with Crippen LogP contribution in [0.5, 0.6) is 11.5 Å². The summed E-state index contributed by atoms with van der Waals surface area (Å²) in [5.74, 6) is -0.765. The second kappa shape index (κ2) is 10.3. The van der Waals surface area contributed by atoms with Gasteiger partial charge in [-0.15, -0.1) is 0 Å². The Morgan fingerprint density at radius 3 is 2.52 bits per heavy atom. The number of piperazine rings is 1. The van der Waals surface area contributed by atoms with E-state index in [2.05, 4.69) is 10.2 Å². The third-order valence-corrected chi connectivity index (χ3v) is 9.28. The molecule has 0 atom stereocenters. The molecule has 3 aliphatic heterocycles. The number of benzene rings is 2. The van der Waals surface area contributed by atoms with Crippen LogP contribution in [0.4, 0.5) is 10.1 Å². The molecule has 3 aliphatic rings. The van der Waals surface area contributed by atoms with Crippen molar-refractivity contribution in [3.8, 4) is 17.2 Å². The summed E-state index contributed by atoms with van der Waals surface area (Å²) in [6, 6.07) is 6.12. The molecule has 40 heavy (non-hydrogen) atoms. The van der Waals surface area contributed by atoms with Crippen LogP contribution in [0.1, 0.15) is 23.2 Å². The van der Waals surface area contributed by atoms with Crippen LogP contribution in [0.2, 0.25) is 5.02 Å². The van der Waals surface area contributed by atoms with Crippen LogP contribution in [0, 0.1) is 5.82 Å². The van der Waals surface area contributed by atoms with Crippen molar-refractivity contribution in [2.75, 3.05) is 63.5 Å². The van der Waals surface area contributed by atoms with Crippen LogP contribution in [-0.4, -0.2) is 86.7 Å². The molecule has 6 rings (SSSR count). The lowest BCUT2D eigenvalue weighted by atomic mass is 10.0. The van der Waals surface area contributed by atoms with Gasteiger partial charge in [0.2, 0.25) is 15.5 Å². The first-order valence-corrected chi connectivity index (χ1v) is 15.4. The fourth-order valence-electron chi connectivity index (χ4n) is 5.71. The number of sulfonamides is 1. The Hall–Kier alpha value is -3.19. The molecular weight excluding hydrogens is 561 g/mol. The van der Waals surface area contributed by atoms with E-state index < -0.39 is 27.2 Å². The van der Waals surface area contributed by atoms with E-state index >= 15 is 4.39 Å². The molecule has 2 saturated heterocycles. The number of aromatic nitrogens is 1. The number of likely N-dealkylation sites (tertiary alicyclic amines) is 1. The number of ether oxygens (including phenoxy) is 1. The highest BCUT2D eigenvalue weighted by Gasteiger charge is 2.33. The molecule has 3 aromatic rings. The fourth-order valence-corrected chi connectivity index (χ4v) is 6.70. The first kappa shape index (κ1) is 27.0. The van der Waals surface area contributed by atoms with E-state index in [1.807, 2.05) is 0 Å². The molecule has 0 aliphatic carbocycles. The molecule has 1 aromatic heterocycles. The van der Waals surface area contributed by atoms with E-state index in [-0.39, 0.29) is 48.6 Å².